The molecule has 0 fully saturated rings. The number of sulfonamides is 1. The third-order valence-electron chi connectivity index (χ3n) is 4.78. The van der Waals surface area contributed by atoms with E-state index in [0.717, 1.165) is 23.9 Å². The van der Waals surface area contributed by atoms with Crippen molar-refractivity contribution in [3.05, 3.63) is 60.8 Å². The van der Waals surface area contributed by atoms with Crippen molar-refractivity contribution in [1.82, 2.24) is 9.29 Å². The van der Waals surface area contributed by atoms with Crippen molar-refractivity contribution in [2.45, 2.75) is 37.2 Å². The molecule has 0 saturated carbocycles. The molecule has 0 aliphatic rings. The van der Waals surface area contributed by atoms with Crippen molar-refractivity contribution < 1.29 is 13.2 Å². The average molecular weight is 446 g/mol. The Balaban J connectivity index is 1.77. The predicted octanol–water partition coefficient (Wildman–Crippen LogP) is 4.09. The first-order chi connectivity index (χ1) is 14.4. The highest BCUT2D eigenvalue weighted by atomic mass is 32.2. The first-order valence-electron chi connectivity index (χ1n) is 9.90. The first-order valence-corrected chi connectivity index (χ1v) is 12.8. The number of amides is 1. The number of thioether (sulfide) groups is 1. The zero-order chi connectivity index (χ0) is 21.6. The second-order valence-electron chi connectivity index (χ2n) is 7.04. The van der Waals surface area contributed by atoms with E-state index in [-0.39, 0.29) is 10.8 Å². The number of hydrogen-bond acceptors (Lipinski definition) is 4. The van der Waals surface area contributed by atoms with Crippen LogP contribution in [0.4, 0.5) is 5.69 Å². The zero-order valence-electron chi connectivity index (χ0n) is 17.2. The van der Waals surface area contributed by atoms with E-state index in [1.165, 1.54) is 12.1 Å². The number of nitrogens with one attached hydrogen (secondary N) is 2. The largest absolute Gasteiger partial charge is 0.347 e. The van der Waals surface area contributed by atoms with E-state index in [2.05, 4.69) is 21.5 Å². The van der Waals surface area contributed by atoms with E-state index in [1.807, 2.05) is 36.7 Å². The van der Waals surface area contributed by atoms with E-state index in [9.17, 15) is 13.2 Å². The standard InChI is InChI=1S/C22H27N3O3S2/c1-3-13-25-14-11-17-16-18(9-10-21(17)25)23-22(26)20(12-15-29-2)24-30(27,28)19-7-5-4-6-8-19/h4-11,14,16,20,24H,3,12-13,15H2,1-2H3,(H,23,26). The molecule has 3 aromatic rings. The van der Waals surface area contributed by atoms with Crippen molar-refractivity contribution in [3.63, 3.8) is 0 Å². The van der Waals surface area contributed by atoms with Gasteiger partial charge in [0, 0.05) is 29.3 Å². The Hall–Kier alpha value is -2.29. The molecule has 30 heavy (non-hydrogen) atoms. The molecular weight excluding hydrogens is 418 g/mol. The molecule has 2 aromatic carbocycles. The quantitative estimate of drug-likeness (QED) is 0.493. The van der Waals surface area contributed by atoms with Crippen molar-refractivity contribution in [1.29, 1.82) is 0 Å². The highest BCUT2D eigenvalue weighted by Gasteiger charge is 2.25. The third kappa shape index (κ3) is 5.44. The molecule has 160 valence electrons. The van der Waals surface area contributed by atoms with Gasteiger partial charge in [0.2, 0.25) is 15.9 Å². The van der Waals surface area contributed by atoms with Crippen LogP contribution in [0, 0.1) is 0 Å². The van der Waals surface area contributed by atoms with Gasteiger partial charge in [-0.25, -0.2) is 8.42 Å². The van der Waals surface area contributed by atoms with Crippen LogP contribution in [0.15, 0.2) is 65.7 Å². The first kappa shape index (κ1) is 22.4. The minimum Gasteiger partial charge on any atom is -0.347 e. The van der Waals surface area contributed by atoms with Gasteiger partial charge in [0.25, 0.3) is 0 Å². The molecule has 0 aliphatic carbocycles. The molecule has 2 N–H and O–H groups in total. The van der Waals surface area contributed by atoms with Crippen LogP contribution in [0.25, 0.3) is 10.9 Å². The summed E-state index contributed by atoms with van der Waals surface area (Å²) in [5, 5.41) is 3.91. The molecular formula is C22H27N3O3S2. The van der Waals surface area contributed by atoms with Gasteiger partial charge in [-0.15, -0.1) is 0 Å². The summed E-state index contributed by atoms with van der Waals surface area (Å²) in [4.78, 5) is 13.1. The molecule has 0 aliphatic heterocycles. The topological polar surface area (TPSA) is 80.2 Å². The Morgan fingerprint density at radius 2 is 1.90 bits per heavy atom. The summed E-state index contributed by atoms with van der Waals surface area (Å²) in [6.45, 7) is 3.07. The minimum atomic E-state index is -3.79. The third-order valence-corrected chi connectivity index (χ3v) is 6.91. The number of nitrogens with zero attached hydrogens (tertiary/aromatic N) is 1. The van der Waals surface area contributed by atoms with Crippen LogP contribution in [-0.2, 0) is 21.4 Å². The second-order valence-corrected chi connectivity index (χ2v) is 9.74. The Morgan fingerprint density at radius 1 is 1.13 bits per heavy atom. The van der Waals surface area contributed by atoms with E-state index in [1.54, 1.807) is 30.0 Å². The fourth-order valence-corrected chi connectivity index (χ4v) is 5.00. The zero-order valence-corrected chi connectivity index (χ0v) is 18.8. The van der Waals surface area contributed by atoms with Crippen LogP contribution in [0.5, 0.6) is 0 Å². The van der Waals surface area contributed by atoms with Crippen LogP contribution in [0.2, 0.25) is 0 Å². The lowest BCUT2D eigenvalue weighted by molar-refractivity contribution is -0.117. The minimum absolute atomic E-state index is 0.144. The molecule has 1 atom stereocenters. The fourth-order valence-electron chi connectivity index (χ4n) is 3.28. The number of anilines is 1. The predicted molar refractivity (Wildman–Crippen MR) is 124 cm³/mol. The number of carbonyl (C=O) groups excluding carboxylic acids is 1. The summed E-state index contributed by atoms with van der Waals surface area (Å²) in [7, 11) is -3.79. The van der Waals surface area contributed by atoms with Crippen LogP contribution in [-0.4, -0.2) is 36.9 Å². The van der Waals surface area contributed by atoms with Gasteiger partial charge in [0.05, 0.1) is 4.90 Å². The Labute approximate surface area is 182 Å². The highest BCUT2D eigenvalue weighted by molar-refractivity contribution is 7.98. The molecule has 3 rings (SSSR count). The van der Waals surface area contributed by atoms with Crippen molar-refractivity contribution in [2.75, 3.05) is 17.3 Å². The van der Waals surface area contributed by atoms with E-state index >= 15 is 0 Å². The fraction of sp³-hybridized carbons (Fsp3) is 0.318. The van der Waals surface area contributed by atoms with Gasteiger partial charge >= 0.3 is 0 Å². The lowest BCUT2D eigenvalue weighted by atomic mass is 10.2. The molecule has 1 unspecified atom stereocenters. The van der Waals surface area contributed by atoms with Crippen molar-refractivity contribution in [3.8, 4) is 0 Å². The van der Waals surface area contributed by atoms with Crippen molar-refractivity contribution >= 4 is 44.3 Å². The van der Waals surface area contributed by atoms with Gasteiger partial charge in [-0.05, 0) is 61.2 Å². The maximum atomic E-state index is 12.9. The summed E-state index contributed by atoms with van der Waals surface area (Å²) in [5.74, 6) is 0.296. The monoisotopic (exact) mass is 445 g/mol. The van der Waals surface area contributed by atoms with E-state index < -0.39 is 16.1 Å². The van der Waals surface area contributed by atoms with Crippen LogP contribution < -0.4 is 10.0 Å². The number of aryl methyl sites for hydroxylation is 1. The average Bonchev–Trinajstić information content (AvgIpc) is 3.14. The van der Waals surface area contributed by atoms with Gasteiger partial charge in [0.15, 0.2) is 0 Å². The number of rotatable bonds is 10. The molecule has 0 spiro atoms. The molecule has 0 bridgehead atoms. The van der Waals surface area contributed by atoms with Crippen LogP contribution >= 0.6 is 11.8 Å². The SMILES string of the molecule is CCCn1ccc2cc(NC(=O)C(CCSC)NS(=O)(=O)c3ccccc3)ccc21. The smallest absolute Gasteiger partial charge is 0.242 e. The lowest BCUT2D eigenvalue weighted by Crippen LogP contribution is -2.44. The van der Waals surface area contributed by atoms with Crippen LogP contribution in [0.1, 0.15) is 19.8 Å². The molecule has 6 nitrogen and oxygen atoms in total. The van der Waals surface area contributed by atoms with E-state index in [4.69, 9.17) is 0 Å². The summed E-state index contributed by atoms with van der Waals surface area (Å²) < 4.78 is 30.1. The van der Waals surface area contributed by atoms with Gasteiger partial charge < -0.3 is 9.88 Å². The van der Waals surface area contributed by atoms with E-state index in [0.29, 0.717) is 17.9 Å². The summed E-state index contributed by atoms with van der Waals surface area (Å²) in [6.07, 6.45) is 5.40. The molecule has 1 amide bonds. The van der Waals surface area contributed by atoms with Crippen LogP contribution in [0.3, 0.4) is 0 Å². The van der Waals surface area contributed by atoms with Gasteiger partial charge in [-0.1, -0.05) is 25.1 Å². The number of hydrogen-bond donors (Lipinski definition) is 2. The second kappa shape index (κ2) is 10.1. The highest BCUT2D eigenvalue weighted by Crippen LogP contribution is 2.21. The Bertz CT molecular complexity index is 1100. The number of carbonyl (C=O) groups is 1. The Kier molecular flexibility index (Phi) is 7.58. The van der Waals surface area contributed by atoms with Crippen molar-refractivity contribution in [2.24, 2.45) is 0 Å². The number of fused-ring (bicyclic) bond motifs is 1. The van der Waals surface area contributed by atoms with Gasteiger partial charge in [-0.3, -0.25) is 4.79 Å². The maximum Gasteiger partial charge on any atom is 0.242 e. The number of aromatic nitrogens is 1. The summed E-state index contributed by atoms with van der Waals surface area (Å²) in [6, 6.07) is 15.0. The number of benzene rings is 2. The molecule has 1 heterocycles. The molecule has 0 saturated heterocycles. The molecule has 0 radical (unpaired) electrons. The maximum absolute atomic E-state index is 12.9. The summed E-state index contributed by atoms with van der Waals surface area (Å²) in [5.41, 5.74) is 1.76. The molecule has 8 heteroatoms. The van der Waals surface area contributed by atoms with Gasteiger partial charge in [-0.2, -0.15) is 16.5 Å². The Morgan fingerprint density at radius 3 is 2.60 bits per heavy atom. The lowest BCUT2D eigenvalue weighted by Gasteiger charge is -2.18. The van der Waals surface area contributed by atoms with Gasteiger partial charge in [0.1, 0.15) is 6.04 Å². The molecule has 1 aromatic heterocycles. The summed E-state index contributed by atoms with van der Waals surface area (Å²) >= 11 is 1.57. The normalized spacial score (nSPS) is 12.7.